The predicted molar refractivity (Wildman–Crippen MR) is 42.9 cm³/mol. The minimum absolute atomic E-state index is 0.835. The maximum absolute atomic E-state index is 4.05. The molecule has 0 atom stereocenters. The number of benzene rings is 1. The number of hydrogen-bond donors (Lipinski definition) is 0. The van der Waals surface area contributed by atoms with Gasteiger partial charge in [0, 0.05) is 13.6 Å². The Hall–Kier alpha value is -0.820. The molecule has 0 fully saturated rings. The molecule has 0 aliphatic heterocycles. The molecule has 0 saturated heterocycles. The van der Waals surface area contributed by atoms with Gasteiger partial charge in [0.05, 0.1) is 0 Å². The molecule has 0 heterocycles. The summed E-state index contributed by atoms with van der Waals surface area (Å²) in [6.45, 7) is 2.93. The van der Waals surface area contributed by atoms with E-state index < -0.39 is 0 Å². The third kappa shape index (κ3) is 1.85. The number of nitrogens with zero attached hydrogens (tertiary/aromatic N) is 1. The van der Waals surface area contributed by atoms with Crippen LogP contribution in [0.15, 0.2) is 24.3 Å². The van der Waals surface area contributed by atoms with Crippen LogP contribution >= 0.6 is 0 Å². The molecule has 0 unspecified atom stereocenters. The lowest BCUT2D eigenvalue weighted by molar-refractivity contribution is 0.799. The van der Waals surface area contributed by atoms with Gasteiger partial charge in [-0.2, -0.15) is 0 Å². The molecule has 1 radical (unpaired) electrons. The lowest BCUT2D eigenvalue weighted by atomic mass is 10.1. The third-order valence-corrected chi connectivity index (χ3v) is 1.42. The highest BCUT2D eigenvalue weighted by molar-refractivity contribution is 5.21. The summed E-state index contributed by atoms with van der Waals surface area (Å²) >= 11 is 0. The van der Waals surface area contributed by atoms with Crippen LogP contribution in [-0.4, -0.2) is 7.05 Å². The lowest BCUT2D eigenvalue weighted by Gasteiger charge is -1.98. The Labute approximate surface area is 62.1 Å². The highest BCUT2D eigenvalue weighted by atomic mass is 14.8. The van der Waals surface area contributed by atoms with Crippen molar-refractivity contribution in [2.24, 2.45) is 0 Å². The number of hydrogen-bond acceptors (Lipinski definition) is 0. The van der Waals surface area contributed by atoms with E-state index in [-0.39, 0.29) is 0 Å². The first kappa shape index (κ1) is 7.29. The van der Waals surface area contributed by atoms with Crippen molar-refractivity contribution in [3.8, 4) is 0 Å². The first-order valence-electron chi connectivity index (χ1n) is 3.44. The topological polar surface area (TPSA) is 14.1 Å². The predicted octanol–water partition coefficient (Wildman–Crippen LogP) is 1.73. The van der Waals surface area contributed by atoms with Crippen LogP contribution in [-0.2, 0) is 6.54 Å². The van der Waals surface area contributed by atoms with Gasteiger partial charge >= 0.3 is 0 Å². The molecule has 0 N–H and O–H groups in total. The molecule has 0 saturated carbocycles. The molecule has 0 aliphatic rings. The van der Waals surface area contributed by atoms with Crippen LogP contribution in [0.5, 0.6) is 0 Å². The van der Waals surface area contributed by atoms with Gasteiger partial charge < -0.3 is 0 Å². The summed E-state index contributed by atoms with van der Waals surface area (Å²) in [6, 6.07) is 8.42. The van der Waals surface area contributed by atoms with Gasteiger partial charge in [-0.05, 0) is 12.5 Å². The molecule has 53 valence electrons. The van der Waals surface area contributed by atoms with Gasteiger partial charge in [-0.1, -0.05) is 29.8 Å². The molecule has 1 rings (SSSR count). The average molecular weight is 134 g/mol. The van der Waals surface area contributed by atoms with Crippen molar-refractivity contribution in [1.82, 2.24) is 5.32 Å². The summed E-state index contributed by atoms with van der Waals surface area (Å²) in [4.78, 5) is 0. The molecule has 1 aromatic rings. The smallest absolute Gasteiger partial charge is 0.0381 e. The molecule has 0 spiro atoms. The van der Waals surface area contributed by atoms with Gasteiger partial charge in [-0.25, -0.2) is 5.32 Å². The monoisotopic (exact) mass is 134 g/mol. The van der Waals surface area contributed by atoms with Gasteiger partial charge in [0.15, 0.2) is 0 Å². The molecular weight excluding hydrogens is 122 g/mol. The molecule has 0 aliphatic carbocycles. The summed E-state index contributed by atoms with van der Waals surface area (Å²) in [7, 11) is 1.84. The van der Waals surface area contributed by atoms with Crippen LogP contribution in [0.25, 0.3) is 0 Å². The van der Waals surface area contributed by atoms with E-state index in [0.29, 0.717) is 0 Å². The summed E-state index contributed by atoms with van der Waals surface area (Å²) in [5.41, 5.74) is 2.60. The average Bonchev–Trinajstić information content (AvgIpc) is 1.88. The van der Waals surface area contributed by atoms with E-state index in [9.17, 15) is 0 Å². The summed E-state index contributed by atoms with van der Waals surface area (Å²) in [5.74, 6) is 0. The van der Waals surface area contributed by atoms with Gasteiger partial charge in [0.2, 0.25) is 0 Å². The quantitative estimate of drug-likeness (QED) is 0.585. The van der Waals surface area contributed by atoms with Gasteiger partial charge in [-0.3, -0.25) is 0 Å². The zero-order chi connectivity index (χ0) is 7.40. The SMILES string of the molecule is C[N]Cc1cccc(C)c1. The zero-order valence-electron chi connectivity index (χ0n) is 6.46. The third-order valence-electron chi connectivity index (χ3n) is 1.42. The minimum Gasteiger partial charge on any atom is -0.240 e. The lowest BCUT2D eigenvalue weighted by Crippen LogP contribution is -1.96. The fraction of sp³-hybridized carbons (Fsp3) is 0.333. The van der Waals surface area contributed by atoms with E-state index in [0.717, 1.165) is 6.54 Å². The molecule has 0 bridgehead atoms. The van der Waals surface area contributed by atoms with E-state index in [2.05, 4.69) is 36.5 Å². The highest BCUT2D eigenvalue weighted by Gasteiger charge is 1.89. The van der Waals surface area contributed by atoms with Gasteiger partial charge in [0.25, 0.3) is 0 Å². The normalized spacial score (nSPS) is 9.80. The second-order valence-electron chi connectivity index (χ2n) is 2.46. The fourth-order valence-corrected chi connectivity index (χ4v) is 0.993. The van der Waals surface area contributed by atoms with Crippen LogP contribution in [0.2, 0.25) is 0 Å². The van der Waals surface area contributed by atoms with Crippen LogP contribution < -0.4 is 5.32 Å². The Balaban J connectivity index is 2.75. The van der Waals surface area contributed by atoms with E-state index in [1.807, 2.05) is 7.05 Å². The Morgan fingerprint density at radius 1 is 1.40 bits per heavy atom. The molecule has 1 aromatic carbocycles. The maximum atomic E-state index is 4.05. The first-order valence-corrected chi connectivity index (χ1v) is 3.44. The zero-order valence-corrected chi connectivity index (χ0v) is 6.46. The van der Waals surface area contributed by atoms with Gasteiger partial charge in [0.1, 0.15) is 0 Å². The minimum atomic E-state index is 0.835. The van der Waals surface area contributed by atoms with Crippen LogP contribution in [0.4, 0.5) is 0 Å². The van der Waals surface area contributed by atoms with Crippen LogP contribution in [0.3, 0.4) is 0 Å². The fourth-order valence-electron chi connectivity index (χ4n) is 0.993. The molecule has 0 aromatic heterocycles. The van der Waals surface area contributed by atoms with E-state index in [1.165, 1.54) is 11.1 Å². The van der Waals surface area contributed by atoms with Crippen molar-refractivity contribution in [1.29, 1.82) is 0 Å². The van der Waals surface area contributed by atoms with Crippen molar-refractivity contribution < 1.29 is 0 Å². The van der Waals surface area contributed by atoms with E-state index in [1.54, 1.807) is 0 Å². The highest BCUT2D eigenvalue weighted by Crippen LogP contribution is 2.02. The molecule has 0 amide bonds. The van der Waals surface area contributed by atoms with Crippen molar-refractivity contribution in [2.75, 3.05) is 7.05 Å². The van der Waals surface area contributed by atoms with Crippen molar-refractivity contribution >= 4 is 0 Å². The molecule has 10 heavy (non-hydrogen) atoms. The Kier molecular flexibility index (Phi) is 2.46. The number of aryl methyl sites for hydroxylation is 1. The van der Waals surface area contributed by atoms with E-state index >= 15 is 0 Å². The molecule has 1 heteroatoms. The Morgan fingerprint density at radius 2 is 2.20 bits per heavy atom. The molecular formula is C9H12N. The number of rotatable bonds is 2. The second kappa shape index (κ2) is 3.37. The van der Waals surface area contributed by atoms with Crippen molar-refractivity contribution in [3.63, 3.8) is 0 Å². The Bertz CT molecular complexity index is 206. The first-order chi connectivity index (χ1) is 4.83. The molecule has 1 nitrogen and oxygen atoms in total. The summed E-state index contributed by atoms with van der Waals surface area (Å²) in [6.07, 6.45) is 0. The van der Waals surface area contributed by atoms with Crippen molar-refractivity contribution in [3.05, 3.63) is 35.4 Å². The summed E-state index contributed by atoms with van der Waals surface area (Å²) < 4.78 is 0. The van der Waals surface area contributed by atoms with Crippen LogP contribution in [0.1, 0.15) is 11.1 Å². The van der Waals surface area contributed by atoms with Crippen molar-refractivity contribution in [2.45, 2.75) is 13.5 Å². The maximum Gasteiger partial charge on any atom is 0.0381 e. The summed E-state index contributed by atoms with van der Waals surface area (Å²) in [5, 5.41) is 4.05. The standard InChI is InChI=1S/C9H12N/c1-8-4-3-5-9(6-8)7-10-2/h3-6H,7H2,1-2H3. The van der Waals surface area contributed by atoms with Gasteiger partial charge in [-0.15, -0.1) is 0 Å². The Morgan fingerprint density at radius 3 is 2.80 bits per heavy atom. The van der Waals surface area contributed by atoms with Crippen LogP contribution in [0, 0.1) is 6.92 Å². The second-order valence-corrected chi connectivity index (χ2v) is 2.46. The van der Waals surface area contributed by atoms with E-state index in [4.69, 9.17) is 0 Å². The largest absolute Gasteiger partial charge is 0.240 e.